The number of aromatic nitrogens is 3. The first kappa shape index (κ1) is 22.6. The van der Waals surface area contributed by atoms with E-state index < -0.39 is 0 Å². The number of anilines is 2. The van der Waals surface area contributed by atoms with Crippen LogP contribution in [0.1, 0.15) is 39.5 Å². The zero-order chi connectivity index (χ0) is 24.4. The third-order valence-electron chi connectivity index (χ3n) is 5.89. The molecule has 0 aliphatic heterocycles. The Labute approximate surface area is 203 Å². The minimum Gasteiger partial charge on any atom is -0.456 e. The standard InChI is InChI=1S/C27H27N5O3/c1-3-5-18-8-12-23(17(2)14-18)26(34)28-20-6-4-7-21(15-20)35-22-11-13-24-29-27(31-32(24)16-22)30-25(33)19-9-10-19/h4-7,11-16,19H,3,8-10H2,1-2H3,(H,28,34)(H,30,31,33)/b18-5-. The largest absolute Gasteiger partial charge is 0.456 e. The molecule has 0 spiro atoms. The fourth-order valence-electron chi connectivity index (χ4n) is 3.98. The molecule has 8 nitrogen and oxygen atoms in total. The van der Waals surface area contributed by atoms with Crippen LogP contribution in [0.3, 0.4) is 0 Å². The van der Waals surface area contributed by atoms with Gasteiger partial charge in [-0.15, -0.1) is 5.10 Å². The van der Waals surface area contributed by atoms with Gasteiger partial charge in [0.1, 0.15) is 11.5 Å². The Morgan fingerprint density at radius 1 is 1.17 bits per heavy atom. The molecule has 2 aromatic heterocycles. The molecule has 3 aromatic rings. The van der Waals surface area contributed by atoms with E-state index in [0.717, 1.165) is 31.3 Å². The number of allylic oxidation sites excluding steroid dienone is 4. The molecular formula is C27H27N5O3. The van der Waals surface area contributed by atoms with Crippen LogP contribution in [0.15, 0.2) is 77.5 Å². The summed E-state index contributed by atoms with van der Waals surface area (Å²) in [7, 11) is 0. The fourth-order valence-corrected chi connectivity index (χ4v) is 3.98. The molecule has 1 saturated carbocycles. The Bertz CT molecular complexity index is 1390. The van der Waals surface area contributed by atoms with Crippen molar-refractivity contribution in [1.29, 1.82) is 0 Å². The van der Waals surface area contributed by atoms with Gasteiger partial charge in [-0.05, 0) is 68.0 Å². The summed E-state index contributed by atoms with van der Waals surface area (Å²) in [6.07, 6.45) is 11.5. The van der Waals surface area contributed by atoms with Crippen molar-refractivity contribution < 1.29 is 14.3 Å². The molecule has 2 N–H and O–H groups in total. The summed E-state index contributed by atoms with van der Waals surface area (Å²) in [6, 6.07) is 10.8. The smallest absolute Gasteiger partial charge is 0.255 e. The number of carbonyl (C=O) groups excluding carboxylic acids is 2. The molecule has 5 rings (SSSR count). The van der Waals surface area contributed by atoms with Crippen LogP contribution in [0.4, 0.5) is 11.6 Å². The van der Waals surface area contributed by atoms with E-state index in [0.29, 0.717) is 28.4 Å². The lowest BCUT2D eigenvalue weighted by Crippen LogP contribution is -2.16. The average Bonchev–Trinajstić information content (AvgIpc) is 3.60. The Hall–Kier alpha value is -4.20. The Balaban J connectivity index is 1.26. The summed E-state index contributed by atoms with van der Waals surface area (Å²) >= 11 is 0. The number of hydrogen-bond donors (Lipinski definition) is 2. The summed E-state index contributed by atoms with van der Waals surface area (Å²) in [5.41, 5.74) is 4.12. The number of nitrogens with one attached hydrogen (secondary N) is 2. The predicted octanol–water partition coefficient (Wildman–Crippen LogP) is 5.42. The van der Waals surface area contributed by atoms with Crippen molar-refractivity contribution in [3.8, 4) is 11.5 Å². The molecule has 1 fully saturated rings. The topological polar surface area (TPSA) is 97.6 Å². The Morgan fingerprint density at radius 2 is 2.03 bits per heavy atom. The summed E-state index contributed by atoms with van der Waals surface area (Å²) in [5.74, 6) is 1.30. The number of carbonyl (C=O) groups is 2. The van der Waals surface area contributed by atoms with Crippen LogP contribution in [-0.2, 0) is 9.59 Å². The number of hydrogen-bond acceptors (Lipinski definition) is 5. The molecule has 0 radical (unpaired) electrons. The van der Waals surface area contributed by atoms with Crippen LogP contribution in [-0.4, -0.2) is 26.4 Å². The predicted molar refractivity (Wildman–Crippen MR) is 134 cm³/mol. The number of fused-ring (bicyclic) bond motifs is 1. The molecular weight excluding hydrogens is 442 g/mol. The zero-order valence-corrected chi connectivity index (χ0v) is 19.7. The number of benzene rings is 1. The third kappa shape index (κ3) is 5.32. The quantitative estimate of drug-likeness (QED) is 0.481. The third-order valence-corrected chi connectivity index (χ3v) is 5.89. The van der Waals surface area contributed by atoms with Crippen molar-refractivity contribution in [3.05, 3.63) is 77.5 Å². The van der Waals surface area contributed by atoms with Gasteiger partial charge in [-0.2, -0.15) is 4.98 Å². The van der Waals surface area contributed by atoms with E-state index in [-0.39, 0.29) is 23.7 Å². The van der Waals surface area contributed by atoms with Gasteiger partial charge >= 0.3 is 0 Å². The molecule has 2 aliphatic carbocycles. The SMILES string of the molecule is CC/C=C1\C=C(C)C(C(=O)Nc2cccc(Oc3ccc4nc(NC(=O)C5CC5)nn4c3)c2)=CC1. The van der Waals surface area contributed by atoms with Crippen molar-refractivity contribution in [2.45, 2.75) is 39.5 Å². The summed E-state index contributed by atoms with van der Waals surface area (Å²) in [4.78, 5) is 29.1. The number of pyridine rings is 1. The van der Waals surface area contributed by atoms with E-state index in [1.165, 1.54) is 5.57 Å². The van der Waals surface area contributed by atoms with Crippen LogP contribution >= 0.6 is 0 Å². The normalized spacial score (nSPS) is 16.6. The first-order chi connectivity index (χ1) is 17.0. The van der Waals surface area contributed by atoms with E-state index in [1.54, 1.807) is 28.9 Å². The molecule has 2 aliphatic rings. The Kier molecular flexibility index (Phi) is 6.18. The van der Waals surface area contributed by atoms with E-state index >= 15 is 0 Å². The van der Waals surface area contributed by atoms with E-state index in [4.69, 9.17) is 4.74 Å². The summed E-state index contributed by atoms with van der Waals surface area (Å²) in [5, 5.41) is 10.0. The monoisotopic (exact) mass is 469 g/mol. The van der Waals surface area contributed by atoms with Crippen molar-refractivity contribution in [3.63, 3.8) is 0 Å². The molecule has 2 amide bonds. The number of nitrogens with zero attached hydrogens (tertiary/aromatic N) is 3. The first-order valence-corrected chi connectivity index (χ1v) is 11.8. The molecule has 0 saturated heterocycles. The van der Waals surface area contributed by atoms with Gasteiger partial charge in [0.25, 0.3) is 5.91 Å². The molecule has 0 bridgehead atoms. The highest BCUT2D eigenvalue weighted by Gasteiger charge is 2.30. The number of rotatable bonds is 7. The first-order valence-electron chi connectivity index (χ1n) is 11.8. The van der Waals surface area contributed by atoms with Crippen LogP contribution in [0.5, 0.6) is 11.5 Å². The number of amides is 2. The van der Waals surface area contributed by atoms with Crippen LogP contribution < -0.4 is 15.4 Å². The molecule has 178 valence electrons. The van der Waals surface area contributed by atoms with E-state index in [2.05, 4.69) is 39.8 Å². The van der Waals surface area contributed by atoms with Gasteiger partial charge in [0.15, 0.2) is 5.65 Å². The maximum Gasteiger partial charge on any atom is 0.255 e. The highest BCUT2D eigenvalue weighted by Crippen LogP contribution is 2.30. The van der Waals surface area contributed by atoms with Crippen LogP contribution in [0, 0.1) is 5.92 Å². The van der Waals surface area contributed by atoms with Gasteiger partial charge in [-0.25, -0.2) is 4.52 Å². The van der Waals surface area contributed by atoms with Gasteiger partial charge in [0.2, 0.25) is 11.9 Å². The highest BCUT2D eigenvalue weighted by atomic mass is 16.5. The lowest BCUT2D eigenvalue weighted by molar-refractivity contribution is -0.117. The highest BCUT2D eigenvalue weighted by molar-refractivity contribution is 6.07. The van der Waals surface area contributed by atoms with Crippen molar-refractivity contribution in [2.75, 3.05) is 10.6 Å². The summed E-state index contributed by atoms with van der Waals surface area (Å²) in [6.45, 7) is 4.06. The lowest BCUT2D eigenvalue weighted by atomic mass is 9.94. The van der Waals surface area contributed by atoms with Crippen molar-refractivity contribution >= 4 is 29.1 Å². The average molecular weight is 470 g/mol. The molecule has 35 heavy (non-hydrogen) atoms. The van der Waals surface area contributed by atoms with E-state index in [1.807, 2.05) is 31.2 Å². The number of ether oxygens (including phenoxy) is 1. The maximum atomic E-state index is 12.9. The van der Waals surface area contributed by atoms with Gasteiger partial charge in [-0.1, -0.05) is 31.2 Å². The zero-order valence-electron chi connectivity index (χ0n) is 19.7. The molecule has 0 atom stereocenters. The fraction of sp³-hybridized carbons (Fsp3) is 0.259. The summed E-state index contributed by atoms with van der Waals surface area (Å²) < 4.78 is 7.56. The van der Waals surface area contributed by atoms with Gasteiger partial charge in [0, 0.05) is 23.2 Å². The van der Waals surface area contributed by atoms with E-state index in [9.17, 15) is 9.59 Å². The maximum absolute atomic E-state index is 12.9. The second-order valence-electron chi connectivity index (χ2n) is 8.79. The minimum absolute atomic E-state index is 0.0382. The minimum atomic E-state index is -0.142. The van der Waals surface area contributed by atoms with Gasteiger partial charge < -0.3 is 10.1 Å². The molecule has 2 heterocycles. The van der Waals surface area contributed by atoms with Gasteiger partial charge in [-0.3, -0.25) is 14.9 Å². The van der Waals surface area contributed by atoms with Gasteiger partial charge in [0.05, 0.1) is 6.20 Å². The Morgan fingerprint density at radius 3 is 2.80 bits per heavy atom. The van der Waals surface area contributed by atoms with Crippen LogP contribution in [0.2, 0.25) is 0 Å². The van der Waals surface area contributed by atoms with Crippen molar-refractivity contribution in [1.82, 2.24) is 14.6 Å². The van der Waals surface area contributed by atoms with Crippen molar-refractivity contribution in [2.24, 2.45) is 5.92 Å². The molecule has 1 aromatic carbocycles. The second-order valence-corrected chi connectivity index (χ2v) is 8.79. The van der Waals surface area contributed by atoms with Crippen LogP contribution in [0.25, 0.3) is 5.65 Å². The second kappa shape index (κ2) is 9.58. The molecule has 8 heteroatoms. The lowest BCUT2D eigenvalue weighted by Gasteiger charge is -2.15. The molecule has 0 unspecified atom stereocenters.